The van der Waals surface area contributed by atoms with Crippen molar-refractivity contribution >= 4 is 42.6 Å². The predicted octanol–water partition coefficient (Wildman–Crippen LogP) is 4.46. The summed E-state index contributed by atoms with van der Waals surface area (Å²) in [6.45, 7) is 9.77. The molecule has 1 aliphatic rings. The van der Waals surface area contributed by atoms with Crippen molar-refractivity contribution in [1.82, 2.24) is 19.5 Å². The Hall–Kier alpha value is -2.93. The molecule has 1 N–H and O–H groups in total. The Kier molecular flexibility index (Phi) is 11.4. The van der Waals surface area contributed by atoms with Gasteiger partial charge in [-0.15, -0.1) is 0 Å². The number of anilines is 1. The third kappa shape index (κ3) is 7.52. The normalized spacial score (nSPS) is 14.5. The zero-order valence-corrected chi connectivity index (χ0v) is 26.7. The zero-order valence-electron chi connectivity index (χ0n) is 25.1. The lowest BCUT2D eigenvalue weighted by Crippen LogP contribution is -2.48. The maximum atomic E-state index is 13.2. The van der Waals surface area contributed by atoms with Crippen LogP contribution in [0.25, 0.3) is 10.2 Å². The Balaban J connectivity index is 1.27. The number of rotatable bonds is 15. The monoisotopic (exact) mass is 617 g/mol. The molecular formula is C30H43N5O5S2. The summed E-state index contributed by atoms with van der Waals surface area (Å²) in [5, 5.41) is 3.93. The molecule has 1 saturated heterocycles. The molecule has 4 rings (SSSR count). The van der Waals surface area contributed by atoms with E-state index in [0.717, 1.165) is 85.3 Å². The third-order valence-electron chi connectivity index (χ3n) is 7.53. The average Bonchev–Trinajstić information content (AvgIpc) is 3.46. The van der Waals surface area contributed by atoms with Gasteiger partial charge in [0.25, 0.3) is 5.91 Å². The van der Waals surface area contributed by atoms with E-state index in [9.17, 15) is 13.2 Å². The number of sulfonamides is 1. The molecule has 0 atom stereocenters. The first-order valence-corrected chi connectivity index (χ1v) is 16.9. The van der Waals surface area contributed by atoms with Gasteiger partial charge in [-0.25, -0.2) is 13.4 Å². The van der Waals surface area contributed by atoms with Gasteiger partial charge in [0.2, 0.25) is 10.0 Å². The van der Waals surface area contributed by atoms with Crippen LogP contribution in [-0.2, 0) is 10.0 Å². The van der Waals surface area contributed by atoms with Crippen molar-refractivity contribution in [3.05, 3.63) is 42.0 Å². The number of fused-ring (bicyclic) bond motifs is 1. The molecule has 42 heavy (non-hydrogen) atoms. The van der Waals surface area contributed by atoms with Crippen LogP contribution in [0, 0.1) is 0 Å². The lowest BCUT2D eigenvalue weighted by atomic mass is 10.2. The molecule has 1 aliphatic heterocycles. The number of nitrogens with zero attached hydrogens (tertiary/aromatic N) is 4. The first kappa shape index (κ1) is 32.0. The van der Waals surface area contributed by atoms with E-state index in [2.05, 4.69) is 29.0 Å². The lowest BCUT2D eigenvalue weighted by Gasteiger charge is -2.34. The van der Waals surface area contributed by atoms with Gasteiger partial charge in [0.1, 0.15) is 21.7 Å². The number of amides is 1. The van der Waals surface area contributed by atoms with E-state index in [1.54, 1.807) is 54.1 Å². The van der Waals surface area contributed by atoms with Crippen LogP contribution in [0.15, 0.2) is 41.3 Å². The Morgan fingerprint density at radius 2 is 1.57 bits per heavy atom. The number of nitrogens with one attached hydrogen (secondary N) is 1. The minimum Gasteiger partial charge on any atom is -0.495 e. The van der Waals surface area contributed by atoms with E-state index in [-0.39, 0.29) is 10.8 Å². The molecule has 0 radical (unpaired) electrons. The van der Waals surface area contributed by atoms with Gasteiger partial charge in [-0.05, 0) is 49.2 Å². The summed E-state index contributed by atoms with van der Waals surface area (Å²) in [5.74, 6) is 1.32. The minimum absolute atomic E-state index is 0.205. The van der Waals surface area contributed by atoms with Crippen molar-refractivity contribution in [2.45, 2.75) is 44.4 Å². The summed E-state index contributed by atoms with van der Waals surface area (Å²) in [6.07, 6.45) is 3.51. The van der Waals surface area contributed by atoms with Crippen molar-refractivity contribution < 1.29 is 22.7 Å². The largest absolute Gasteiger partial charge is 0.495 e. The van der Waals surface area contributed by atoms with E-state index < -0.39 is 10.0 Å². The van der Waals surface area contributed by atoms with Crippen molar-refractivity contribution in [3.63, 3.8) is 0 Å². The maximum Gasteiger partial charge on any atom is 0.251 e. The Bertz CT molecular complexity index is 1370. The first-order chi connectivity index (χ1) is 20.3. The number of hydrogen-bond donors (Lipinski definition) is 1. The van der Waals surface area contributed by atoms with Crippen LogP contribution in [0.5, 0.6) is 11.5 Å². The minimum atomic E-state index is -3.58. The summed E-state index contributed by atoms with van der Waals surface area (Å²) < 4.78 is 39.9. The third-order valence-corrected chi connectivity index (χ3v) is 10.6. The van der Waals surface area contributed by atoms with Crippen LogP contribution < -0.4 is 19.7 Å². The molecule has 0 spiro atoms. The highest BCUT2D eigenvalue weighted by Gasteiger charge is 2.24. The SMILES string of the molecule is CCCCN(CCCC)S(=O)(=O)c1ccc(C(=O)NCCN2CCN(c3nc4c(OC)ccc(OC)c4s3)CC2)cc1. The standard InChI is InChI=1S/C30H43N5O5S2/c1-5-7-16-35(17-8-6-2)42(37,38)24-11-9-23(10-12-24)29(36)31-15-18-33-19-21-34(22-20-33)30-32-27-25(39-3)13-14-26(40-4)28(27)41-30/h9-14H,5-8,15-22H2,1-4H3,(H,31,36). The van der Waals surface area contributed by atoms with Crippen molar-refractivity contribution in [2.24, 2.45) is 0 Å². The average molecular weight is 618 g/mol. The van der Waals surface area contributed by atoms with Crippen LogP contribution in [0.2, 0.25) is 0 Å². The lowest BCUT2D eigenvalue weighted by molar-refractivity contribution is 0.0947. The molecule has 1 aromatic heterocycles. The van der Waals surface area contributed by atoms with Crippen LogP contribution in [0.1, 0.15) is 49.9 Å². The van der Waals surface area contributed by atoms with Crippen LogP contribution in [0.4, 0.5) is 5.13 Å². The highest BCUT2D eigenvalue weighted by atomic mass is 32.2. The molecule has 2 heterocycles. The number of carbonyl (C=O) groups excluding carboxylic acids is 1. The number of carbonyl (C=O) groups is 1. The molecule has 10 nitrogen and oxygen atoms in total. The molecule has 230 valence electrons. The topological polar surface area (TPSA) is 104 Å². The van der Waals surface area contributed by atoms with Crippen molar-refractivity contribution in [3.8, 4) is 11.5 Å². The van der Waals surface area contributed by atoms with Gasteiger partial charge < -0.3 is 19.7 Å². The van der Waals surface area contributed by atoms with Gasteiger partial charge in [-0.2, -0.15) is 4.31 Å². The second-order valence-electron chi connectivity index (χ2n) is 10.4. The summed E-state index contributed by atoms with van der Waals surface area (Å²) in [4.78, 5) is 22.4. The van der Waals surface area contributed by atoms with Gasteiger partial charge in [-0.3, -0.25) is 9.69 Å². The smallest absolute Gasteiger partial charge is 0.251 e. The fourth-order valence-electron chi connectivity index (χ4n) is 4.95. The van der Waals surface area contributed by atoms with Gasteiger partial charge in [-0.1, -0.05) is 38.0 Å². The fraction of sp³-hybridized carbons (Fsp3) is 0.533. The Morgan fingerprint density at radius 3 is 2.17 bits per heavy atom. The first-order valence-electron chi connectivity index (χ1n) is 14.7. The molecule has 1 amide bonds. The fourth-order valence-corrected chi connectivity index (χ4v) is 7.59. The number of ether oxygens (including phenoxy) is 2. The Morgan fingerprint density at radius 1 is 0.952 bits per heavy atom. The molecule has 0 unspecified atom stereocenters. The summed E-state index contributed by atoms with van der Waals surface area (Å²) in [7, 11) is -0.275. The van der Waals surface area contributed by atoms with Crippen molar-refractivity contribution in [2.75, 3.05) is 71.5 Å². The molecule has 2 aromatic carbocycles. The number of methoxy groups -OCH3 is 2. The molecule has 0 aliphatic carbocycles. The van der Waals surface area contributed by atoms with E-state index in [4.69, 9.17) is 14.5 Å². The molecule has 12 heteroatoms. The molecular weight excluding hydrogens is 574 g/mol. The van der Waals surface area contributed by atoms with E-state index >= 15 is 0 Å². The van der Waals surface area contributed by atoms with Gasteiger partial charge in [0.15, 0.2) is 5.13 Å². The van der Waals surface area contributed by atoms with Crippen LogP contribution in [0.3, 0.4) is 0 Å². The second-order valence-corrected chi connectivity index (χ2v) is 13.3. The maximum absolute atomic E-state index is 13.2. The quantitative estimate of drug-likeness (QED) is 0.267. The summed E-state index contributed by atoms with van der Waals surface area (Å²) in [5.41, 5.74) is 1.27. The number of aromatic nitrogens is 1. The number of unbranched alkanes of at least 4 members (excludes halogenated alkanes) is 2. The summed E-state index contributed by atoms with van der Waals surface area (Å²) >= 11 is 1.61. The number of piperazine rings is 1. The predicted molar refractivity (Wildman–Crippen MR) is 169 cm³/mol. The number of thiazole rings is 1. The molecule has 3 aromatic rings. The summed E-state index contributed by atoms with van der Waals surface area (Å²) in [6, 6.07) is 10.1. The zero-order chi connectivity index (χ0) is 30.1. The van der Waals surface area contributed by atoms with Gasteiger partial charge >= 0.3 is 0 Å². The van der Waals surface area contributed by atoms with Gasteiger partial charge in [0.05, 0.1) is 19.1 Å². The van der Waals surface area contributed by atoms with Crippen LogP contribution >= 0.6 is 11.3 Å². The van der Waals surface area contributed by atoms with E-state index in [1.165, 1.54) is 0 Å². The highest BCUT2D eigenvalue weighted by Crippen LogP contribution is 2.40. The molecule has 0 saturated carbocycles. The van der Waals surface area contributed by atoms with E-state index in [1.807, 2.05) is 12.1 Å². The number of benzene rings is 2. The van der Waals surface area contributed by atoms with Gasteiger partial charge in [0, 0.05) is 57.9 Å². The second kappa shape index (κ2) is 15.0. The van der Waals surface area contributed by atoms with Crippen molar-refractivity contribution in [1.29, 1.82) is 0 Å². The molecule has 0 bridgehead atoms. The van der Waals surface area contributed by atoms with E-state index in [0.29, 0.717) is 25.2 Å². The number of hydrogen-bond acceptors (Lipinski definition) is 9. The van der Waals surface area contributed by atoms with Crippen LogP contribution in [-0.4, -0.2) is 95.1 Å². The highest BCUT2D eigenvalue weighted by molar-refractivity contribution is 7.89. The Labute approximate surface area is 253 Å². The molecule has 1 fully saturated rings.